The quantitative estimate of drug-likeness (QED) is 0.841. The van der Waals surface area contributed by atoms with Gasteiger partial charge in [-0.15, -0.1) is 0 Å². The lowest BCUT2D eigenvalue weighted by atomic mass is 9.77. The Bertz CT molecular complexity index is 600. The average molecular weight is 335 g/mol. The summed E-state index contributed by atoms with van der Waals surface area (Å²) in [7, 11) is -0.770. The van der Waals surface area contributed by atoms with E-state index in [0.29, 0.717) is 17.9 Å². The van der Waals surface area contributed by atoms with Crippen molar-refractivity contribution in [1.29, 1.82) is 0 Å². The fraction of sp³-hybridized carbons (Fsp3) is 0.611. The molecule has 1 aliphatic heterocycles. The zero-order chi connectivity index (χ0) is 18.1. The number of carbonyl (C=O) groups is 1. The van der Waals surface area contributed by atoms with Crippen molar-refractivity contribution in [2.75, 3.05) is 6.54 Å². The molecule has 1 aromatic rings. The summed E-state index contributed by atoms with van der Waals surface area (Å²) in [5.74, 6) is -0.0718. The Kier molecular flexibility index (Phi) is 5.40. The molecule has 1 fully saturated rings. The molecule has 4 nitrogen and oxygen atoms in total. The van der Waals surface area contributed by atoms with E-state index in [1.54, 1.807) is 12.1 Å². The second-order valence-corrected chi connectivity index (χ2v) is 7.82. The number of halogens is 1. The van der Waals surface area contributed by atoms with Crippen LogP contribution in [-0.4, -0.2) is 30.8 Å². The van der Waals surface area contributed by atoms with Crippen molar-refractivity contribution in [3.8, 4) is 0 Å². The molecule has 2 rings (SSSR count). The Morgan fingerprint density at radius 3 is 2.33 bits per heavy atom. The van der Waals surface area contributed by atoms with Crippen LogP contribution in [0.3, 0.4) is 0 Å². The van der Waals surface area contributed by atoms with E-state index in [4.69, 9.17) is 9.31 Å². The molecule has 0 saturated carbocycles. The van der Waals surface area contributed by atoms with Crippen LogP contribution in [0.1, 0.15) is 47.1 Å². The molecular weight excluding hydrogens is 308 g/mol. The molecule has 0 aromatic heterocycles. The number of rotatable bonds is 5. The van der Waals surface area contributed by atoms with Gasteiger partial charge in [0, 0.05) is 12.0 Å². The summed E-state index contributed by atoms with van der Waals surface area (Å²) < 4.78 is 26.1. The summed E-state index contributed by atoms with van der Waals surface area (Å²) in [6, 6.07) is 4.65. The summed E-state index contributed by atoms with van der Waals surface area (Å²) in [6.07, 6.45) is 0.208. The van der Waals surface area contributed by atoms with Crippen LogP contribution in [0.4, 0.5) is 4.39 Å². The third-order valence-electron chi connectivity index (χ3n) is 4.64. The first-order valence-corrected chi connectivity index (χ1v) is 8.42. The molecule has 0 atom stereocenters. The van der Waals surface area contributed by atoms with Gasteiger partial charge in [0.25, 0.3) is 0 Å². The normalized spacial score (nSPS) is 18.9. The van der Waals surface area contributed by atoms with Gasteiger partial charge in [-0.3, -0.25) is 4.79 Å². The van der Waals surface area contributed by atoms with Gasteiger partial charge >= 0.3 is 7.12 Å². The maximum atomic E-state index is 14.3. The Morgan fingerprint density at radius 2 is 1.79 bits per heavy atom. The highest BCUT2D eigenvalue weighted by atomic mass is 19.1. The Hall–Kier alpha value is -1.40. The molecule has 1 N–H and O–H groups in total. The Morgan fingerprint density at radius 1 is 1.21 bits per heavy atom. The predicted octanol–water partition coefficient (Wildman–Crippen LogP) is 2.44. The molecule has 1 saturated heterocycles. The van der Waals surface area contributed by atoms with Crippen LogP contribution in [0, 0.1) is 11.7 Å². The molecular formula is C18H27BFNO3. The van der Waals surface area contributed by atoms with Crippen molar-refractivity contribution in [1.82, 2.24) is 5.32 Å². The van der Waals surface area contributed by atoms with E-state index >= 15 is 0 Å². The molecule has 0 bridgehead atoms. The van der Waals surface area contributed by atoms with Crippen LogP contribution in [0.5, 0.6) is 0 Å². The lowest BCUT2D eigenvalue weighted by Gasteiger charge is -2.32. The SMILES string of the molecule is CC(C)CNC(=O)Cc1ccc(F)c(B2OC(C)(C)C(C)(C)O2)c1. The van der Waals surface area contributed by atoms with Crippen molar-refractivity contribution >= 4 is 18.5 Å². The van der Waals surface area contributed by atoms with Gasteiger partial charge in [0.15, 0.2) is 0 Å². The van der Waals surface area contributed by atoms with Crippen molar-refractivity contribution in [2.24, 2.45) is 5.92 Å². The monoisotopic (exact) mass is 335 g/mol. The minimum absolute atomic E-state index is 0.0739. The third-order valence-corrected chi connectivity index (χ3v) is 4.64. The zero-order valence-corrected chi connectivity index (χ0v) is 15.4. The third kappa shape index (κ3) is 4.17. The fourth-order valence-corrected chi connectivity index (χ4v) is 2.42. The van der Waals surface area contributed by atoms with Crippen LogP contribution < -0.4 is 10.8 Å². The molecule has 0 radical (unpaired) electrons. The first-order valence-electron chi connectivity index (χ1n) is 8.42. The highest BCUT2D eigenvalue weighted by Gasteiger charge is 2.52. The maximum absolute atomic E-state index is 14.3. The number of hydrogen-bond acceptors (Lipinski definition) is 3. The first kappa shape index (κ1) is 18.9. The van der Waals surface area contributed by atoms with E-state index in [1.165, 1.54) is 6.07 Å². The number of carbonyl (C=O) groups excluding carboxylic acids is 1. The number of hydrogen-bond donors (Lipinski definition) is 1. The molecule has 0 unspecified atom stereocenters. The molecule has 24 heavy (non-hydrogen) atoms. The van der Waals surface area contributed by atoms with Gasteiger partial charge in [-0.2, -0.15) is 0 Å². The summed E-state index contributed by atoms with van der Waals surface area (Å²) in [6.45, 7) is 12.4. The topological polar surface area (TPSA) is 47.6 Å². The van der Waals surface area contributed by atoms with E-state index in [2.05, 4.69) is 5.32 Å². The second kappa shape index (κ2) is 6.85. The zero-order valence-electron chi connectivity index (χ0n) is 15.4. The largest absolute Gasteiger partial charge is 0.497 e. The van der Waals surface area contributed by atoms with Gasteiger partial charge in [-0.05, 0) is 45.2 Å². The molecule has 0 spiro atoms. The Balaban J connectivity index is 2.14. The molecule has 1 amide bonds. The smallest absolute Gasteiger partial charge is 0.399 e. The van der Waals surface area contributed by atoms with E-state index < -0.39 is 18.3 Å². The summed E-state index contributed by atoms with van der Waals surface area (Å²) >= 11 is 0. The van der Waals surface area contributed by atoms with Crippen LogP contribution in [0.2, 0.25) is 0 Å². The van der Waals surface area contributed by atoms with Gasteiger partial charge in [-0.25, -0.2) is 4.39 Å². The summed E-state index contributed by atoms with van der Waals surface area (Å²) in [4.78, 5) is 12.0. The van der Waals surface area contributed by atoms with Gasteiger partial charge in [0.1, 0.15) is 5.82 Å². The van der Waals surface area contributed by atoms with Crippen LogP contribution in [0.25, 0.3) is 0 Å². The average Bonchev–Trinajstić information content (AvgIpc) is 2.67. The highest BCUT2D eigenvalue weighted by molar-refractivity contribution is 6.62. The van der Waals surface area contributed by atoms with Gasteiger partial charge in [0.2, 0.25) is 5.91 Å². The molecule has 6 heteroatoms. The molecule has 132 valence electrons. The summed E-state index contributed by atoms with van der Waals surface area (Å²) in [5.41, 5.74) is 0.00827. The van der Waals surface area contributed by atoms with Crippen molar-refractivity contribution < 1.29 is 18.5 Å². The van der Waals surface area contributed by atoms with E-state index in [1.807, 2.05) is 41.5 Å². The minimum atomic E-state index is -0.770. The van der Waals surface area contributed by atoms with Gasteiger partial charge in [-0.1, -0.05) is 26.0 Å². The van der Waals surface area contributed by atoms with Crippen LogP contribution in [-0.2, 0) is 20.5 Å². The molecule has 0 aliphatic carbocycles. The number of benzene rings is 1. The maximum Gasteiger partial charge on any atom is 0.497 e. The minimum Gasteiger partial charge on any atom is -0.399 e. The molecule has 1 aromatic carbocycles. The van der Waals surface area contributed by atoms with Crippen molar-refractivity contribution in [3.05, 3.63) is 29.6 Å². The number of amides is 1. The molecule has 1 aliphatic rings. The predicted molar refractivity (Wildman–Crippen MR) is 93.7 cm³/mol. The fourth-order valence-electron chi connectivity index (χ4n) is 2.42. The highest BCUT2D eigenvalue weighted by Crippen LogP contribution is 2.36. The number of nitrogens with one attached hydrogen (secondary N) is 1. The standard InChI is InChI=1S/C18H27BFNO3/c1-12(2)11-21-16(22)10-13-7-8-15(20)14(9-13)19-23-17(3,4)18(5,6)24-19/h7-9,12H,10-11H2,1-6H3,(H,21,22). The van der Waals surface area contributed by atoms with E-state index in [0.717, 1.165) is 5.56 Å². The van der Waals surface area contributed by atoms with Gasteiger partial charge in [0.05, 0.1) is 17.6 Å². The molecule has 1 heterocycles. The lowest BCUT2D eigenvalue weighted by Crippen LogP contribution is -2.41. The van der Waals surface area contributed by atoms with E-state index in [9.17, 15) is 9.18 Å². The van der Waals surface area contributed by atoms with Crippen molar-refractivity contribution in [2.45, 2.75) is 59.2 Å². The van der Waals surface area contributed by atoms with Crippen molar-refractivity contribution in [3.63, 3.8) is 0 Å². The van der Waals surface area contributed by atoms with Crippen LogP contribution >= 0.6 is 0 Å². The second-order valence-electron chi connectivity index (χ2n) is 7.82. The van der Waals surface area contributed by atoms with Crippen LogP contribution in [0.15, 0.2) is 18.2 Å². The Labute approximate surface area is 144 Å². The first-order chi connectivity index (χ1) is 11.0. The lowest BCUT2D eigenvalue weighted by molar-refractivity contribution is -0.120. The van der Waals surface area contributed by atoms with Gasteiger partial charge < -0.3 is 14.6 Å². The van der Waals surface area contributed by atoms with E-state index in [-0.39, 0.29) is 18.1 Å². The summed E-state index contributed by atoms with van der Waals surface area (Å²) in [5, 5.41) is 2.87.